The van der Waals surface area contributed by atoms with E-state index >= 15 is 0 Å². The van der Waals surface area contributed by atoms with Gasteiger partial charge in [0.05, 0.1) is 17.6 Å². The number of pyridine rings is 1. The normalized spacial score (nSPS) is 10.8. The highest BCUT2D eigenvalue weighted by atomic mass is 35.5. The van der Waals surface area contributed by atoms with Crippen molar-refractivity contribution in [3.05, 3.63) is 34.9 Å². The van der Waals surface area contributed by atoms with E-state index in [0.717, 1.165) is 12.4 Å². The Morgan fingerprint density at radius 3 is 3.00 bits per heavy atom. The van der Waals surface area contributed by atoms with Crippen molar-refractivity contribution in [2.45, 2.75) is 6.42 Å². The Labute approximate surface area is 110 Å². The number of halogens is 1. The lowest BCUT2D eigenvalue weighted by atomic mass is 10.3. The highest BCUT2D eigenvalue weighted by Crippen LogP contribution is 2.18. The van der Waals surface area contributed by atoms with Gasteiger partial charge in [0.15, 0.2) is 5.69 Å². The second-order valence-electron chi connectivity index (χ2n) is 3.82. The Hall–Kier alpha value is -1.59. The number of fused-ring (bicyclic) bond motifs is 1. The first-order valence-corrected chi connectivity index (χ1v) is 5.94. The molecule has 2 aromatic heterocycles. The van der Waals surface area contributed by atoms with Gasteiger partial charge in [-0.2, -0.15) is 0 Å². The number of nitrogens with one attached hydrogen (secondary N) is 1. The number of hydrogen-bond donors (Lipinski definition) is 1. The Morgan fingerprint density at radius 2 is 2.33 bits per heavy atom. The predicted octanol–water partition coefficient (Wildman–Crippen LogP) is 1.54. The maximum Gasteiger partial charge on any atom is 0.358 e. The summed E-state index contributed by atoms with van der Waals surface area (Å²) in [4.78, 5) is 16.0. The Kier molecular flexibility index (Phi) is 3.84. The van der Waals surface area contributed by atoms with Gasteiger partial charge in [0.1, 0.15) is 5.82 Å². The fourth-order valence-electron chi connectivity index (χ4n) is 1.78. The van der Waals surface area contributed by atoms with Crippen LogP contribution in [0.25, 0.3) is 5.52 Å². The maximum absolute atomic E-state index is 11.7. The number of aromatic nitrogens is 2. The van der Waals surface area contributed by atoms with Crippen molar-refractivity contribution in [2.24, 2.45) is 0 Å². The zero-order chi connectivity index (χ0) is 13.1. The molecule has 0 unspecified atom stereocenters. The number of likely N-dealkylation sites (N-methyl/N-ethyl adjacent to an activating group) is 1. The molecular formula is C12H14ClN3O2. The molecule has 0 fully saturated rings. The molecule has 0 radical (unpaired) electrons. The van der Waals surface area contributed by atoms with Crippen molar-refractivity contribution >= 4 is 23.1 Å². The molecule has 0 bridgehead atoms. The summed E-state index contributed by atoms with van der Waals surface area (Å²) in [6, 6.07) is 3.50. The van der Waals surface area contributed by atoms with Crippen molar-refractivity contribution in [3.63, 3.8) is 0 Å². The van der Waals surface area contributed by atoms with Gasteiger partial charge in [0.25, 0.3) is 0 Å². The number of imidazole rings is 1. The molecule has 0 amide bonds. The van der Waals surface area contributed by atoms with Crippen LogP contribution in [0.2, 0.25) is 5.02 Å². The lowest BCUT2D eigenvalue weighted by molar-refractivity contribution is 0.0597. The number of esters is 1. The van der Waals surface area contributed by atoms with Gasteiger partial charge in [-0.15, -0.1) is 0 Å². The van der Waals surface area contributed by atoms with Crippen molar-refractivity contribution in [3.8, 4) is 0 Å². The van der Waals surface area contributed by atoms with E-state index in [1.165, 1.54) is 7.11 Å². The average Bonchev–Trinajstić information content (AvgIpc) is 2.73. The summed E-state index contributed by atoms with van der Waals surface area (Å²) in [5.74, 6) is 0.341. The highest BCUT2D eigenvalue weighted by molar-refractivity contribution is 6.30. The van der Waals surface area contributed by atoms with E-state index in [1.807, 2.05) is 11.4 Å². The lowest BCUT2D eigenvalue weighted by Gasteiger charge is -2.01. The summed E-state index contributed by atoms with van der Waals surface area (Å²) >= 11 is 5.97. The van der Waals surface area contributed by atoms with Crippen LogP contribution < -0.4 is 5.32 Å². The van der Waals surface area contributed by atoms with Crippen LogP contribution >= 0.6 is 11.6 Å². The smallest absolute Gasteiger partial charge is 0.358 e. The second kappa shape index (κ2) is 5.37. The molecule has 2 heterocycles. The molecule has 0 saturated carbocycles. The number of methoxy groups -OCH3 is 1. The Bertz CT molecular complexity index is 580. The minimum atomic E-state index is -0.439. The minimum absolute atomic E-state index is 0.320. The lowest BCUT2D eigenvalue weighted by Crippen LogP contribution is -2.12. The van der Waals surface area contributed by atoms with Crippen molar-refractivity contribution in [1.82, 2.24) is 14.7 Å². The van der Waals surface area contributed by atoms with Crippen LogP contribution in [0, 0.1) is 0 Å². The van der Waals surface area contributed by atoms with E-state index in [-0.39, 0.29) is 0 Å². The topological polar surface area (TPSA) is 55.6 Å². The van der Waals surface area contributed by atoms with E-state index in [2.05, 4.69) is 10.3 Å². The largest absolute Gasteiger partial charge is 0.464 e. The molecule has 0 aliphatic heterocycles. The Balaban J connectivity index is 2.55. The molecule has 96 valence electrons. The molecule has 0 aliphatic carbocycles. The third kappa shape index (κ3) is 2.32. The van der Waals surface area contributed by atoms with Crippen LogP contribution in [-0.2, 0) is 11.2 Å². The van der Waals surface area contributed by atoms with Crippen molar-refractivity contribution in [2.75, 3.05) is 20.7 Å². The SMILES string of the molecule is CNCCc1nc(C(=O)OC)c2ccc(Cl)cn12. The number of hydrogen-bond acceptors (Lipinski definition) is 4. The van der Waals surface area contributed by atoms with Crippen molar-refractivity contribution in [1.29, 1.82) is 0 Å². The van der Waals surface area contributed by atoms with E-state index in [4.69, 9.17) is 16.3 Å². The van der Waals surface area contributed by atoms with E-state index in [1.54, 1.807) is 18.3 Å². The molecule has 6 heteroatoms. The van der Waals surface area contributed by atoms with Gasteiger partial charge < -0.3 is 14.5 Å². The first kappa shape index (κ1) is 12.9. The van der Waals surface area contributed by atoms with Crippen LogP contribution in [0.15, 0.2) is 18.3 Å². The molecule has 2 aromatic rings. The molecule has 5 nitrogen and oxygen atoms in total. The van der Waals surface area contributed by atoms with Crippen LogP contribution in [0.1, 0.15) is 16.3 Å². The third-order valence-corrected chi connectivity index (χ3v) is 2.87. The van der Waals surface area contributed by atoms with Gasteiger partial charge in [-0.25, -0.2) is 9.78 Å². The average molecular weight is 268 g/mol. The van der Waals surface area contributed by atoms with E-state index in [0.29, 0.717) is 22.7 Å². The van der Waals surface area contributed by atoms with Crippen molar-refractivity contribution < 1.29 is 9.53 Å². The molecule has 2 rings (SSSR count). The predicted molar refractivity (Wildman–Crippen MR) is 69.2 cm³/mol. The van der Waals surface area contributed by atoms with Crippen LogP contribution in [0.4, 0.5) is 0 Å². The van der Waals surface area contributed by atoms with E-state index < -0.39 is 5.97 Å². The first-order chi connectivity index (χ1) is 8.67. The molecule has 0 aromatic carbocycles. The highest BCUT2D eigenvalue weighted by Gasteiger charge is 2.17. The quantitative estimate of drug-likeness (QED) is 0.854. The molecule has 0 atom stereocenters. The molecule has 0 aliphatic rings. The molecule has 18 heavy (non-hydrogen) atoms. The molecule has 1 N–H and O–H groups in total. The van der Waals surface area contributed by atoms with Gasteiger partial charge in [-0.3, -0.25) is 0 Å². The van der Waals surface area contributed by atoms with Gasteiger partial charge in [-0.1, -0.05) is 11.6 Å². The monoisotopic (exact) mass is 267 g/mol. The maximum atomic E-state index is 11.7. The standard InChI is InChI=1S/C12H14ClN3O2/c1-14-6-5-10-15-11(12(17)18-2)9-4-3-8(13)7-16(9)10/h3-4,7,14H,5-6H2,1-2H3. The fraction of sp³-hybridized carbons (Fsp3) is 0.333. The van der Waals surface area contributed by atoms with Crippen LogP contribution in [0.3, 0.4) is 0 Å². The zero-order valence-electron chi connectivity index (χ0n) is 10.2. The number of ether oxygens (including phenoxy) is 1. The van der Waals surface area contributed by atoms with Gasteiger partial charge in [0, 0.05) is 19.2 Å². The summed E-state index contributed by atoms with van der Waals surface area (Å²) in [7, 11) is 3.21. The van der Waals surface area contributed by atoms with Gasteiger partial charge >= 0.3 is 5.97 Å². The summed E-state index contributed by atoms with van der Waals surface area (Å²) < 4.78 is 6.55. The van der Waals surface area contributed by atoms with Crippen LogP contribution in [0.5, 0.6) is 0 Å². The number of rotatable bonds is 4. The van der Waals surface area contributed by atoms with Gasteiger partial charge in [0.2, 0.25) is 0 Å². The molecule has 0 spiro atoms. The molecular weight excluding hydrogens is 254 g/mol. The number of carbonyl (C=O) groups excluding carboxylic acids is 1. The fourth-order valence-corrected chi connectivity index (χ4v) is 1.94. The molecule has 0 saturated heterocycles. The number of nitrogens with zero attached hydrogens (tertiary/aromatic N) is 2. The van der Waals surface area contributed by atoms with Gasteiger partial charge in [-0.05, 0) is 19.2 Å². The zero-order valence-corrected chi connectivity index (χ0v) is 11.0. The minimum Gasteiger partial charge on any atom is -0.464 e. The summed E-state index contributed by atoms with van der Waals surface area (Å²) in [6.07, 6.45) is 2.45. The third-order valence-electron chi connectivity index (χ3n) is 2.65. The van der Waals surface area contributed by atoms with Crippen LogP contribution in [-0.4, -0.2) is 36.1 Å². The Morgan fingerprint density at radius 1 is 1.56 bits per heavy atom. The summed E-state index contributed by atoms with van der Waals surface area (Å²) in [5, 5.41) is 3.64. The summed E-state index contributed by atoms with van der Waals surface area (Å²) in [6.45, 7) is 0.770. The summed E-state index contributed by atoms with van der Waals surface area (Å²) in [5.41, 5.74) is 1.03. The first-order valence-electron chi connectivity index (χ1n) is 5.56. The second-order valence-corrected chi connectivity index (χ2v) is 4.26. The number of carbonyl (C=O) groups is 1. The van der Waals surface area contributed by atoms with E-state index in [9.17, 15) is 4.79 Å².